The van der Waals surface area contributed by atoms with Crippen LogP contribution in [0.25, 0.3) is 0 Å². The summed E-state index contributed by atoms with van der Waals surface area (Å²) in [4.78, 5) is 21.0. The van der Waals surface area contributed by atoms with Crippen LogP contribution in [0.2, 0.25) is 0 Å². The number of urea groups is 1. The van der Waals surface area contributed by atoms with Crippen molar-refractivity contribution in [2.45, 2.75) is 39.2 Å². The Balaban J connectivity index is 1.64. The first-order valence-electron chi connectivity index (χ1n) is 8.51. The van der Waals surface area contributed by atoms with Gasteiger partial charge >= 0.3 is 6.03 Å². The van der Waals surface area contributed by atoms with Gasteiger partial charge in [0.1, 0.15) is 5.82 Å². The second kappa shape index (κ2) is 6.74. The maximum Gasteiger partial charge on any atom is 0.321 e. The molecule has 0 aliphatic carbocycles. The summed E-state index contributed by atoms with van der Waals surface area (Å²) in [6.07, 6.45) is 2.83. The zero-order valence-corrected chi connectivity index (χ0v) is 14.0. The Morgan fingerprint density at radius 3 is 2.70 bits per heavy atom. The lowest BCUT2D eigenvalue weighted by Gasteiger charge is -2.34. The van der Waals surface area contributed by atoms with E-state index in [0.717, 1.165) is 36.7 Å². The molecule has 0 bridgehead atoms. The fourth-order valence-corrected chi connectivity index (χ4v) is 3.23. The molecule has 0 radical (unpaired) electrons. The van der Waals surface area contributed by atoms with Gasteiger partial charge in [0.2, 0.25) is 0 Å². The summed E-state index contributed by atoms with van der Waals surface area (Å²) in [5.74, 6) is 1.24. The van der Waals surface area contributed by atoms with Crippen LogP contribution < -0.4 is 10.2 Å². The van der Waals surface area contributed by atoms with Gasteiger partial charge in [-0.25, -0.2) is 9.78 Å². The van der Waals surface area contributed by atoms with Gasteiger partial charge in [0, 0.05) is 26.2 Å². The number of hydrogen-bond donors (Lipinski definition) is 2. The number of rotatable bonds is 2. The predicted molar refractivity (Wildman–Crippen MR) is 90.8 cm³/mol. The summed E-state index contributed by atoms with van der Waals surface area (Å²) in [6, 6.07) is 3.74. The number of carbonyl (C=O) groups is 1. The van der Waals surface area contributed by atoms with Crippen LogP contribution in [0, 0.1) is 12.8 Å². The highest BCUT2D eigenvalue weighted by Crippen LogP contribution is 2.23. The van der Waals surface area contributed by atoms with Crippen molar-refractivity contribution in [3.63, 3.8) is 0 Å². The number of anilines is 2. The third-order valence-electron chi connectivity index (χ3n) is 4.95. The minimum absolute atomic E-state index is 0.158. The highest BCUT2D eigenvalue weighted by molar-refractivity contribution is 5.90. The molecule has 3 heterocycles. The predicted octanol–water partition coefficient (Wildman–Crippen LogP) is 2.22. The van der Waals surface area contributed by atoms with E-state index in [0.29, 0.717) is 13.1 Å². The number of aromatic nitrogens is 1. The lowest BCUT2D eigenvalue weighted by Crippen LogP contribution is -2.47. The minimum atomic E-state index is -0.439. The number of aryl methyl sites for hydroxylation is 1. The molecule has 2 saturated heterocycles. The van der Waals surface area contributed by atoms with Crippen molar-refractivity contribution >= 4 is 17.5 Å². The number of piperidine rings is 1. The van der Waals surface area contributed by atoms with Crippen LogP contribution in [-0.4, -0.2) is 53.3 Å². The molecule has 1 aromatic rings. The fourth-order valence-electron chi connectivity index (χ4n) is 3.23. The SMILES string of the molecule is Cc1nc(N2CCCC2)ccc1NC(=O)N1CCC(C)C(O)C1. The average Bonchev–Trinajstić information content (AvgIpc) is 3.06. The third-order valence-corrected chi connectivity index (χ3v) is 4.95. The molecule has 2 atom stereocenters. The summed E-state index contributed by atoms with van der Waals surface area (Å²) in [5, 5.41) is 12.9. The molecule has 6 nitrogen and oxygen atoms in total. The Labute approximate surface area is 137 Å². The lowest BCUT2D eigenvalue weighted by molar-refractivity contribution is 0.0463. The standard InChI is InChI=1S/C17H26N4O2/c1-12-7-10-21(11-15(12)22)17(23)19-14-5-6-16(18-13(14)2)20-8-3-4-9-20/h5-6,12,15,22H,3-4,7-11H2,1-2H3,(H,19,23). The molecule has 23 heavy (non-hydrogen) atoms. The topological polar surface area (TPSA) is 68.7 Å². The monoisotopic (exact) mass is 318 g/mol. The molecule has 2 aliphatic heterocycles. The summed E-state index contributed by atoms with van der Waals surface area (Å²) in [7, 11) is 0. The second-order valence-corrected chi connectivity index (χ2v) is 6.71. The van der Waals surface area contributed by atoms with Crippen LogP contribution in [0.15, 0.2) is 12.1 Å². The number of likely N-dealkylation sites (tertiary alicyclic amines) is 1. The second-order valence-electron chi connectivity index (χ2n) is 6.71. The van der Waals surface area contributed by atoms with Gasteiger partial charge in [-0.15, -0.1) is 0 Å². The number of pyridine rings is 1. The number of hydrogen-bond acceptors (Lipinski definition) is 4. The number of carbonyl (C=O) groups excluding carboxylic acids is 1. The van der Waals surface area contributed by atoms with Crippen molar-refractivity contribution in [1.29, 1.82) is 0 Å². The van der Waals surface area contributed by atoms with Gasteiger partial charge in [0.05, 0.1) is 17.5 Å². The highest BCUT2D eigenvalue weighted by atomic mass is 16.3. The van der Waals surface area contributed by atoms with Gasteiger partial charge in [-0.2, -0.15) is 0 Å². The van der Waals surface area contributed by atoms with Crippen LogP contribution >= 0.6 is 0 Å². The Morgan fingerprint density at radius 2 is 2.04 bits per heavy atom. The van der Waals surface area contributed by atoms with E-state index in [4.69, 9.17) is 0 Å². The highest BCUT2D eigenvalue weighted by Gasteiger charge is 2.27. The third kappa shape index (κ3) is 3.58. The van der Waals surface area contributed by atoms with Crippen molar-refractivity contribution in [2.75, 3.05) is 36.4 Å². The van der Waals surface area contributed by atoms with Crippen molar-refractivity contribution < 1.29 is 9.90 Å². The molecule has 0 spiro atoms. The van der Waals surface area contributed by atoms with Gasteiger partial charge in [0.15, 0.2) is 0 Å². The molecular weight excluding hydrogens is 292 g/mol. The number of nitrogens with one attached hydrogen (secondary N) is 1. The fraction of sp³-hybridized carbons (Fsp3) is 0.647. The van der Waals surface area contributed by atoms with Crippen molar-refractivity contribution in [3.05, 3.63) is 17.8 Å². The molecule has 0 aromatic carbocycles. The van der Waals surface area contributed by atoms with E-state index in [1.54, 1.807) is 4.90 Å². The summed E-state index contributed by atoms with van der Waals surface area (Å²) >= 11 is 0. The molecule has 0 saturated carbocycles. The van der Waals surface area contributed by atoms with Crippen molar-refractivity contribution in [1.82, 2.24) is 9.88 Å². The van der Waals surface area contributed by atoms with Crippen LogP contribution in [-0.2, 0) is 0 Å². The van der Waals surface area contributed by atoms with Gasteiger partial charge in [0.25, 0.3) is 0 Å². The Kier molecular flexibility index (Phi) is 4.71. The number of nitrogens with zero attached hydrogens (tertiary/aromatic N) is 3. The van der Waals surface area contributed by atoms with Gasteiger partial charge in [-0.3, -0.25) is 0 Å². The molecular formula is C17H26N4O2. The quantitative estimate of drug-likeness (QED) is 0.877. The molecule has 126 valence electrons. The summed E-state index contributed by atoms with van der Waals surface area (Å²) in [6.45, 7) is 7.13. The van der Waals surface area contributed by atoms with E-state index < -0.39 is 6.10 Å². The average molecular weight is 318 g/mol. The van der Waals surface area contributed by atoms with E-state index in [9.17, 15) is 9.90 Å². The summed E-state index contributed by atoms with van der Waals surface area (Å²) < 4.78 is 0. The smallest absolute Gasteiger partial charge is 0.321 e. The first-order valence-corrected chi connectivity index (χ1v) is 8.51. The number of β-amino-alcohol motifs (C(OH)–C–C–N with tert-alkyl or cyclic N) is 1. The number of aliphatic hydroxyl groups is 1. The Morgan fingerprint density at radius 1 is 1.30 bits per heavy atom. The Hall–Kier alpha value is -1.82. The molecule has 2 unspecified atom stereocenters. The van der Waals surface area contributed by atoms with Gasteiger partial charge in [-0.05, 0) is 44.2 Å². The molecule has 2 amide bonds. The number of aliphatic hydroxyl groups excluding tert-OH is 1. The summed E-state index contributed by atoms with van der Waals surface area (Å²) in [5.41, 5.74) is 1.57. The normalized spacial score (nSPS) is 24.8. The molecule has 2 aliphatic rings. The maximum absolute atomic E-state index is 12.4. The lowest BCUT2D eigenvalue weighted by atomic mass is 9.96. The zero-order chi connectivity index (χ0) is 16.4. The van der Waals surface area contributed by atoms with Crippen LogP contribution in [0.3, 0.4) is 0 Å². The molecule has 1 aromatic heterocycles. The molecule has 2 fully saturated rings. The van der Waals surface area contributed by atoms with Crippen molar-refractivity contribution in [2.24, 2.45) is 5.92 Å². The van der Waals surface area contributed by atoms with E-state index in [-0.39, 0.29) is 11.9 Å². The van der Waals surface area contributed by atoms with E-state index in [1.807, 2.05) is 26.0 Å². The zero-order valence-electron chi connectivity index (χ0n) is 14.0. The van der Waals surface area contributed by atoms with Crippen molar-refractivity contribution in [3.8, 4) is 0 Å². The van der Waals surface area contributed by atoms with Gasteiger partial charge in [-0.1, -0.05) is 6.92 Å². The number of amides is 2. The molecule has 6 heteroatoms. The van der Waals surface area contributed by atoms with E-state index in [2.05, 4.69) is 15.2 Å². The van der Waals surface area contributed by atoms with Crippen LogP contribution in [0.5, 0.6) is 0 Å². The molecule has 2 N–H and O–H groups in total. The van der Waals surface area contributed by atoms with E-state index >= 15 is 0 Å². The van der Waals surface area contributed by atoms with E-state index in [1.165, 1.54) is 12.8 Å². The Bertz CT molecular complexity index is 572. The van der Waals surface area contributed by atoms with Crippen LogP contribution in [0.1, 0.15) is 31.9 Å². The first kappa shape index (κ1) is 16.1. The minimum Gasteiger partial charge on any atom is -0.391 e. The molecule has 3 rings (SSSR count). The maximum atomic E-state index is 12.4. The van der Waals surface area contributed by atoms with Crippen LogP contribution in [0.4, 0.5) is 16.3 Å². The van der Waals surface area contributed by atoms with Gasteiger partial charge < -0.3 is 20.2 Å². The first-order chi connectivity index (χ1) is 11.0. The largest absolute Gasteiger partial charge is 0.391 e.